The summed E-state index contributed by atoms with van der Waals surface area (Å²) in [7, 11) is 0. The first-order chi connectivity index (χ1) is 11.8. The van der Waals surface area contributed by atoms with Gasteiger partial charge in [-0.25, -0.2) is 9.59 Å². The van der Waals surface area contributed by atoms with Gasteiger partial charge in [0, 0.05) is 6.42 Å². The lowest BCUT2D eigenvalue weighted by atomic mass is 10.1. The number of allylic oxidation sites excluding steroid dienone is 1. The van der Waals surface area contributed by atoms with E-state index in [9.17, 15) is 9.59 Å². The molecule has 2 rings (SSSR count). The predicted octanol–water partition coefficient (Wildman–Crippen LogP) is 3.32. The van der Waals surface area contributed by atoms with Crippen molar-refractivity contribution in [2.24, 2.45) is 0 Å². The fourth-order valence-corrected chi connectivity index (χ4v) is 2.28. The fraction of sp³-hybridized carbons (Fsp3) is 0.474. The van der Waals surface area contributed by atoms with Gasteiger partial charge in [0.05, 0.1) is 12.1 Å². The largest absolute Gasteiger partial charge is 0.496 e. The predicted molar refractivity (Wildman–Crippen MR) is 92.7 cm³/mol. The summed E-state index contributed by atoms with van der Waals surface area (Å²) < 4.78 is 15.9. The van der Waals surface area contributed by atoms with Crippen LogP contribution in [0.3, 0.4) is 0 Å². The average molecular weight is 347 g/mol. The molecule has 6 heteroatoms. The minimum absolute atomic E-state index is 0.132. The minimum Gasteiger partial charge on any atom is -0.496 e. The van der Waals surface area contributed by atoms with Crippen LogP contribution in [0, 0.1) is 0 Å². The van der Waals surface area contributed by atoms with Gasteiger partial charge in [0.15, 0.2) is 0 Å². The Morgan fingerprint density at radius 1 is 1.28 bits per heavy atom. The third-order valence-corrected chi connectivity index (χ3v) is 3.43. The molecule has 1 atom stereocenters. The van der Waals surface area contributed by atoms with Crippen LogP contribution in [-0.2, 0) is 25.6 Å². The average Bonchev–Trinajstić information content (AvgIpc) is 2.54. The number of hydrogen-bond donors (Lipinski definition) is 1. The summed E-state index contributed by atoms with van der Waals surface area (Å²) in [5.74, 6) is 0.137. The molecule has 1 aliphatic rings. The molecular weight excluding hydrogens is 322 g/mol. The molecule has 0 aliphatic carbocycles. The zero-order chi connectivity index (χ0) is 18.3. The summed E-state index contributed by atoms with van der Waals surface area (Å²) >= 11 is 0. The van der Waals surface area contributed by atoms with Gasteiger partial charge in [-0.05, 0) is 32.8 Å². The molecule has 0 unspecified atom stereocenters. The van der Waals surface area contributed by atoms with Crippen LogP contribution in [0.15, 0.2) is 42.2 Å². The van der Waals surface area contributed by atoms with Crippen molar-refractivity contribution in [3.63, 3.8) is 0 Å². The number of hydrogen-bond acceptors (Lipinski definition) is 5. The van der Waals surface area contributed by atoms with E-state index < -0.39 is 17.7 Å². The Labute approximate surface area is 148 Å². The van der Waals surface area contributed by atoms with Gasteiger partial charge >= 0.3 is 12.1 Å². The molecule has 1 heterocycles. The van der Waals surface area contributed by atoms with Crippen LogP contribution in [0.25, 0.3) is 0 Å². The quantitative estimate of drug-likeness (QED) is 0.668. The first-order valence-corrected chi connectivity index (χ1v) is 8.35. The normalized spacial score (nSPS) is 19.0. The number of rotatable bonds is 4. The monoisotopic (exact) mass is 347 g/mol. The Balaban J connectivity index is 1.72. The van der Waals surface area contributed by atoms with Crippen molar-refractivity contribution in [3.8, 4) is 0 Å². The third-order valence-electron chi connectivity index (χ3n) is 3.43. The Morgan fingerprint density at radius 3 is 2.60 bits per heavy atom. The van der Waals surface area contributed by atoms with Gasteiger partial charge in [-0.15, -0.1) is 0 Å². The van der Waals surface area contributed by atoms with E-state index in [0.29, 0.717) is 25.2 Å². The summed E-state index contributed by atoms with van der Waals surface area (Å²) in [6.07, 6.45) is 2.14. The van der Waals surface area contributed by atoms with Gasteiger partial charge in [-0.2, -0.15) is 0 Å². The zero-order valence-corrected chi connectivity index (χ0v) is 14.9. The molecule has 25 heavy (non-hydrogen) atoms. The van der Waals surface area contributed by atoms with Crippen LogP contribution in [0.1, 0.15) is 39.2 Å². The number of esters is 1. The maximum absolute atomic E-state index is 11.8. The van der Waals surface area contributed by atoms with Crippen molar-refractivity contribution in [3.05, 3.63) is 47.7 Å². The van der Waals surface area contributed by atoms with E-state index in [4.69, 9.17) is 14.2 Å². The van der Waals surface area contributed by atoms with Gasteiger partial charge in [-0.3, -0.25) is 0 Å². The molecule has 0 radical (unpaired) electrons. The number of benzene rings is 1. The van der Waals surface area contributed by atoms with Crippen molar-refractivity contribution in [1.82, 2.24) is 5.32 Å². The van der Waals surface area contributed by atoms with Crippen LogP contribution >= 0.6 is 0 Å². The summed E-state index contributed by atoms with van der Waals surface area (Å²) in [5.41, 5.74) is 0.396. The number of nitrogens with one attached hydrogen (secondary N) is 1. The van der Waals surface area contributed by atoms with E-state index >= 15 is 0 Å². The van der Waals surface area contributed by atoms with Crippen LogP contribution in [0.5, 0.6) is 0 Å². The molecule has 1 amide bonds. The van der Waals surface area contributed by atoms with Crippen molar-refractivity contribution < 1.29 is 23.8 Å². The fourth-order valence-electron chi connectivity index (χ4n) is 2.28. The SMILES string of the molecule is CC(C)(C)OC(=O)N[C@H]1CC/C(=C\C(=O)OCc2ccccc2)OC1. The molecule has 0 saturated carbocycles. The van der Waals surface area contributed by atoms with Crippen LogP contribution in [-0.4, -0.2) is 30.3 Å². The van der Waals surface area contributed by atoms with Gasteiger partial charge in [0.25, 0.3) is 0 Å². The van der Waals surface area contributed by atoms with Crippen LogP contribution in [0.2, 0.25) is 0 Å². The van der Waals surface area contributed by atoms with E-state index in [1.54, 1.807) is 0 Å². The minimum atomic E-state index is -0.535. The van der Waals surface area contributed by atoms with Gasteiger partial charge < -0.3 is 19.5 Å². The van der Waals surface area contributed by atoms with Crippen molar-refractivity contribution in [1.29, 1.82) is 0 Å². The molecule has 1 aromatic carbocycles. The summed E-state index contributed by atoms with van der Waals surface area (Å²) in [5, 5.41) is 2.77. The summed E-state index contributed by atoms with van der Waals surface area (Å²) in [6, 6.07) is 9.35. The van der Waals surface area contributed by atoms with Gasteiger partial charge in [-0.1, -0.05) is 30.3 Å². The molecule has 0 aromatic heterocycles. The molecular formula is C19H25NO5. The summed E-state index contributed by atoms with van der Waals surface area (Å²) in [4.78, 5) is 23.6. The van der Waals surface area contributed by atoms with E-state index in [-0.39, 0.29) is 12.6 Å². The van der Waals surface area contributed by atoms with E-state index in [0.717, 1.165) is 5.56 Å². The Hall–Kier alpha value is -2.50. The first kappa shape index (κ1) is 18.8. The molecule has 0 bridgehead atoms. The molecule has 136 valence electrons. The lowest BCUT2D eigenvalue weighted by Crippen LogP contribution is -2.43. The van der Waals surface area contributed by atoms with Crippen molar-refractivity contribution in [2.75, 3.05) is 6.61 Å². The highest BCUT2D eigenvalue weighted by Crippen LogP contribution is 2.18. The van der Waals surface area contributed by atoms with Crippen molar-refractivity contribution >= 4 is 12.1 Å². The molecule has 1 saturated heterocycles. The highest BCUT2D eigenvalue weighted by atomic mass is 16.6. The lowest BCUT2D eigenvalue weighted by Gasteiger charge is -2.27. The Bertz CT molecular complexity index is 608. The second kappa shape index (κ2) is 8.55. The smallest absolute Gasteiger partial charge is 0.407 e. The standard InChI is InChI=1S/C19H25NO5/c1-19(2,3)25-18(22)20-15-9-10-16(23-13-15)11-17(21)24-12-14-7-5-4-6-8-14/h4-8,11,15H,9-10,12-13H2,1-3H3,(H,20,22)/b16-11+/t15-/m0/s1. The van der Waals surface area contributed by atoms with E-state index in [1.165, 1.54) is 6.08 Å². The Morgan fingerprint density at radius 2 is 2.00 bits per heavy atom. The first-order valence-electron chi connectivity index (χ1n) is 8.35. The molecule has 0 spiro atoms. The molecule has 6 nitrogen and oxygen atoms in total. The van der Waals surface area contributed by atoms with Crippen LogP contribution in [0.4, 0.5) is 4.79 Å². The van der Waals surface area contributed by atoms with E-state index in [2.05, 4.69) is 5.32 Å². The lowest BCUT2D eigenvalue weighted by molar-refractivity contribution is -0.139. The zero-order valence-electron chi connectivity index (χ0n) is 14.9. The molecule has 1 aromatic rings. The molecule has 1 fully saturated rings. The highest BCUT2D eigenvalue weighted by Gasteiger charge is 2.23. The Kier molecular flexibility index (Phi) is 6.44. The number of carbonyl (C=O) groups is 2. The van der Waals surface area contributed by atoms with Crippen molar-refractivity contribution in [2.45, 2.75) is 51.9 Å². The third kappa shape index (κ3) is 7.28. The topological polar surface area (TPSA) is 73.9 Å². The molecule has 1 aliphatic heterocycles. The van der Waals surface area contributed by atoms with Gasteiger partial charge in [0.2, 0.25) is 0 Å². The van der Waals surface area contributed by atoms with Crippen LogP contribution < -0.4 is 5.32 Å². The second-order valence-corrected chi connectivity index (χ2v) is 6.90. The number of carbonyl (C=O) groups excluding carboxylic acids is 2. The highest BCUT2D eigenvalue weighted by molar-refractivity contribution is 5.82. The molecule has 1 N–H and O–H groups in total. The number of amides is 1. The maximum atomic E-state index is 11.8. The number of ether oxygens (including phenoxy) is 3. The maximum Gasteiger partial charge on any atom is 0.407 e. The number of alkyl carbamates (subject to hydrolysis) is 1. The second-order valence-electron chi connectivity index (χ2n) is 6.90. The van der Waals surface area contributed by atoms with E-state index in [1.807, 2.05) is 51.1 Å². The van der Waals surface area contributed by atoms with Gasteiger partial charge in [0.1, 0.15) is 24.6 Å². The summed E-state index contributed by atoms with van der Waals surface area (Å²) in [6.45, 7) is 5.97.